The molecule has 4 rings (SSSR count). The molecule has 1 aliphatic heterocycles. The van der Waals surface area contributed by atoms with Crippen LogP contribution >= 0.6 is 0 Å². The van der Waals surface area contributed by atoms with E-state index in [4.69, 9.17) is 15.3 Å². The number of rotatable bonds is 6. The normalized spacial score (nSPS) is 13.4. The standard InChI is InChI=1S/C25H24N8O/c1-17-14-20(4-3-9-26)15-18(2)22(17)29-24-30-23(28-21-7-5-19(16-27)6-8-21)31-25(32-24)33-10-12-34-13-11-33/h3-8,14-15H,10-13H2,1-2H3,(H2,28,29,30,31,32). The lowest BCUT2D eigenvalue weighted by molar-refractivity contribution is 0.122. The van der Waals surface area contributed by atoms with Crippen molar-refractivity contribution in [3.05, 3.63) is 64.7 Å². The number of allylic oxidation sites excluding steroid dienone is 1. The zero-order valence-electron chi connectivity index (χ0n) is 19.0. The number of benzene rings is 2. The Balaban J connectivity index is 1.67. The van der Waals surface area contributed by atoms with Crippen molar-refractivity contribution < 1.29 is 4.74 Å². The van der Waals surface area contributed by atoms with Crippen LogP contribution in [0.4, 0.5) is 29.2 Å². The zero-order valence-corrected chi connectivity index (χ0v) is 19.0. The van der Waals surface area contributed by atoms with Crippen LogP contribution in [0.1, 0.15) is 22.3 Å². The molecule has 34 heavy (non-hydrogen) atoms. The molecule has 0 radical (unpaired) electrons. The molecule has 0 unspecified atom stereocenters. The Bertz CT molecular complexity index is 1260. The summed E-state index contributed by atoms with van der Waals surface area (Å²) in [6, 6.07) is 15.2. The molecule has 0 bridgehead atoms. The van der Waals surface area contributed by atoms with E-state index in [1.165, 1.54) is 6.08 Å². The number of anilines is 5. The molecular weight excluding hydrogens is 428 g/mol. The first kappa shape index (κ1) is 22.7. The second kappa shape index (κ2) is 10.4. The number of ether oxygens (including phenoxy) is 1. The van der Waals surface area contributed by atoms with E-state index in [0.29, 0.717) is 49.7 Å². The van der Waals surface area contributed by atoms with Crippen molar-refractivity contribution in [2.24, 2.45) is 0 Å². The average Bonchev–Trinajstić information content (AvgIpc) is 2.86. The topological polar surface area (TPSA) is 123 Å². The summed E-state index contributed by atoms with van der Waals surface area (Å²) in [4.78, 5) is 16.0. The van der Waals surface area contributed by atoms with Crippen molar-refractivity contribution in [2.75, 3.05) is 41.8 Å². The van der Waals surface area contributed by atoms with Gasteiger partial charge in [-0.1, -0.05) is 0 Å². The fraction of sp³-hybridized carbons (Fsp3) is 0.240. The molecule has 0 spiro atoms. The molecule has 170 valence electrons. The minimum Gasteiger partial charge on any atom is -0.378 e. The molecular formula is C25H24N8O. The molecule has 0 saturated carbocycles. The predicted molar refractivity (Wildman–Crippen MR) is 131 cm³/mol. The average molecular weight is 453 g/mol. The first-order valence-corrected chi connectivity index (χ1v) is 10.9. The van der Waals surface area contributed by atoms with E-state index in [9.17, 15) is 0 Å². The second-order valence-electron chi connectivity index (χ2n) is 7.81. The Kier molecular flexibility index (Phi) is 6.97. The summed E-state index contributed by atoms with van der Waals surface area (Å²) in [5.74, 6) is 1.37. The van der Waals surface area contributed by atoms with Crippen LogP contribution in [-0.4, -0.2) is 41.3 Å². The van der Waals surface area contributed by atoms with Gasteiger partial charge < -0.3 is 20.3 Å². The van der Waals surface area contributed by atoms with Gasteiger partial charge in [0, 0.05) is 30.5 Å². The SMILES string of the molecule is Cc1cc(C=CC#N)cc(C)c1Nc1nc(Nc2ccc(C#N)cc2)nc(N2CCOCC2)n1. The van der Waals surface area contributed by atoms with Crippen LogP contribution in [0.5, 0.6) is 0 Å². The Morgan fingerprint density at radius 3 is 2.21 bits per heavy atom. The summed E-state index contributed by atoms with van der Waals surface area (Å²) in [5.41, 5.74) is 5.22. The number of nitrogens with one attached hydrogen (secondary N) is 2. The molecule has 2 aromatic carbocycles. The van der Waals surface area contributed by atoms with Gasteiger partial charge in [-0.25, -0.2) is 0 Å². The summed E-state index contributed by atoms with van der Waals surface area (Å²) in [6.07, 6.45) is 3.24. The highest BCUT2D eigenvalue weighted by atomic mass is 16.5. The Hall–Kier alpha value is -4.47. The van der Waals surface area contributed by atoms with Gasteiger partial charge in [0.2, 0.25) is 17.8 Å². The summed E-state index contributed by atoms with van der Waals surface area (Å²) in [5, 5.41) is 24.4. The first-order valence-electron chi connectivity index (χ1n) is 10.9. The van der Waals surface area contributed by atoms with Crippen molar-refractivity contribution >= 4 is 35.3 Å². The number of morpholine rings is 1. The quantitative estimate of drug-likeness (QED) is 0.529. The van der Waals surface area contributed by atoms with Gasteiger partial charge in [0.25, 0.3) is 0 Å². The van der Waals surface area contributed by atoms with Gasteiger partial charge in [-0.05, 0) is 73.0 Å². The van der Waals surface area contributed by atoms with Gasteiger partial charge in [0.15, 0.2) is 0 Å². The highest BCUT2D eigenvalue weighted by Gasteiger charge is 2.18. The number of nitriles is 2. The van der Waals surface area contributed by atoms with Crippen LogP contribution in [0.25, 0.3) is 6.08 Å². The molecule has 0 aliphatic carbocycles. The van der Waals surface area contributed by atoms with Crippen molar-refractivity contribution in [1.29, 1.82) is 10.5 Å². The molecule has 3 aromatic rings. The van der Waals surface area contributed by atoms with Crippen LogP contribution in [0.15, 0.2) is 42.5 Å². The van der Waals surface area contributed by atoms with E-state index in [1.54, 1.807) is 18.2 Å². The second-order valence-corrected chi connectivity index (χ2v) is 7.81. The Morgan fingerprint density at radius 1 is 0.941 bits per heavy atom. The van der Waals surface area contributed by atoms with E-state index in [1.807, 2.05) is 44.2 Å². The van der Waals surface area contributed by atoms with Crippen molar-refractivity contribution in [3.8, 4) is 12.1 Å². The number of hydrogen-bond acceptors (Lipinski definition) is 9. The van der Waals surface area contributed by atoms with Gasteiger partial charge in [-0.3, -0.25) is 0 Å². The molecule has 9 heteroatoms. The molecule has 1 saturated heterocycles. The van der Waals surface area contributed by atoms with Crippen molar-refractivity contribution in [3.63, 3.8) is 0 Å². The Labute approximate surface area is 198 Å². The Morgan fingerprint density at radius 2 is 1.59 bits per heavy atom. The first-order chi connectivity index (χ1) is 16.6. The molecule has 2 heterocycles. The fourth-order valence-electron chi connectivity index (χ4n) is 3.67. The molecule has 1 fully saturated rings. The molecule has 1 aliphatic rings. The third kappa shape index (κ3) is 5.47. The summed E-state index contributed by atoms with van der Waals surface area (Å²) >= 11 is 0. The van der Waals surface area contributed by atoms with E-state index in [0.717, 1.165) is 28.1 Å². The van der Waals surface area contributed by atoms with Gasteiger partial charge >= 0.3 is 0 Å². The lowest BCUT2D eigenvalue weighted by atomic mass is 10.0. The van der Waals surface area contributed by atoms with Crippen molar-refractivity contribution in [1.82, 2.24) is 15.0 Å². The van der Waals surface area contributed by atoms with E-state index >= 15 is 0 Å². The third-order valence-corrected chi connectivity index (χ3v) is 5.33. The predicted octanol–water partition coefficient (Wildman–Crippen LogP) is 4.22. The minimum atomic E-state index is 0.396. The van der Waals surface area contributed by atoms with Crippen LogP contribution in [0.3, 0.4) is 0 Å². The highest BCUT2D eigenvalue weighted by Crippen LogP contribution is 2.27. The van der Waals surface area contributed by atoms with Crippen LogP contribution < -0.4 is 15.5 Å². The van der Waals surface area contributed by atoms with Crippen LogP contribution in [-0.2, 0) is 4.74 Å². The molecule has 0 amide bonds. The molecule has 2 N–H and O–H groups in total. The molecule has 9 nitrogen and oxygen atoms in total. The minimum absolute atomic E-state index is 0.396. The monoisotopic (exact) mass is 452 g/mol. The lowest BCUT2D eigenvalue weighted by Crippen LogP contribution is -2.37. The number of aryl methyl sites for hydroxylation is 2. The smallest absolute Gasteiger partial charge is 0.233 e. The molecule has 1 aromatic heterocycles. The number of hydrogen-bond donors (Lipinski definition) is 2. The van der Waals surface area contributed by atoms with E-state index < -0.39 is 0 Å². The summed E-state index contributed by atoms with van der Waals surface area (Å²) in [7, 11) is 0. The van der Waals surface area contributed by atoms with Gasteiger partial charge in [0.1, 0.15) is 0 Å². The van der Waals surface area contributed by atoms with Crippen molar-refractivity contribution in [2.45, 2.75) is 13.8 Å². The lowest BCUT2D eigenvalue weighted by Gasteiger charge is -2.27. The highest BCUT2D eigenvalue weighted by molar-refractivity contribution is 5.69. The van der Waals surface area contributed by atoms with Gasteiger partial charge in [-0.2, -0.15) is 25.5 Å². The van der Waals surface area contributed by atoms with Crippen LogP contribution in [0, 0.1) is 36.5 Å². The van der Waals surface area contributed by atoms with Gasteiger partial charge in [-0.15, -0.1) is 0 Å². The fourth-order valence-corrected chi connectivity index (χ4v) is 3.67. The molecule has 0 atom stereocenters. The largest absolute Gasteiger partial charge is 0.378 e. The van der Waals surface area contributed by atoms with Crippen LogP contribution in [0.2, 0.25) is 0 Å². The number of aromatic nitrogens is 3. The summed E-state index contributed by atoms with van der Waals surface area (Å²) < 4.78 is 5.47. The number of nitrogens with zero attached hydrogens (tertiary/aromatic N) is 6. The van der Waals surface area contributed by atoms with E-state index in [-0.39, 0.29) is 0 Å². The van der Waals surface area contributed by atoms with E-state index in [2.05, 4.69) is 36.6 Å². The maximum atomic E-state index is 9.03. The zero-order chi connectivity index (χ0) is 23.9. The van der Waals surface area contributed by atoms with Gasteiger partial charge in [0.05, 0.1) is 30.9 Å². The third-order valence-electron chi connectivity index (χ3n) is 5.33. The maximum absolute atomic E-state index is 9.03. The maximum Gasteiger partial charge on any atom is 0.233 e. The summed E-state index contributed by atoms with van der Waals surface area (Å²) in [6.45, 7) is 6.61.